The predicted octanol–water partition coefficient (Wildman–Crippen LogP) is 15.2. The molecule has 20 heteroatoms. The van der Waals surface area contributed by atoms with Crippen LogP contribution >= 0.6 is 0 Å². The largest absolute Gasteiger partial charge is 0.432 e. The van der Waals surface area contributed by atoms with Gasteiger partial charge in [-0.05, 0) is 178 Å². The van der Waals surface area contributed by atoms with Crippen molar-refractivity contribution in [1.82, 2.24) is 0 Å². The van der Waals surface area contributed by atoms with E-state index in [9.17, 15) is 15.1 Å². The van der Waals surface area contributed by atoms with Crippen LogP contribution in [0, 0.1) is 97.6 Å². The monoisotopic (exact) mass is 1410 g/mol. The lowest BCUT2D eigenvalue weighted by Gasteiger charge is -2.71. The van der Waals surface area contributed by atoms with Gasteiger partial charge in [0.1, 0.15) is 48.3 Å². The van der Waals surface area contributed by atoms with Crippen LogP contribution in [0.5, 0.6) is 0 Å². The molecule has 0 amide bonds. The van der Waals surface area contributed by atoms with E-state index in [0.29, 0.717) is 62.6 Å². The SMILES string of the molecule is CCC1O[C@@H](OC(=O)[C@]23CCC(C)(C)CC2C2=CCC4C5(C)CC[C@H](O[C@@H]6OC(C(C)=O)[C@H](C)[C@H](O[C@@H]7OC[C@H](C)[C@H](C)C7C)C6O[C@@H]6OC(CC)[C@H](C)[C@H](C)C6C)[C@](C)(C=O)[C@@H]5CCC4(C)C2(C)CC3OC)C(O[C@@H]2OC(C)[C@H](OCc3ccccc3)C3OC(C)(C)OC32)C(C)[C@H]1N=[N+]=[N-]. The van der Waals surface area contributed by atoms with Gasteiger partial charge in [0.15, 0.2) is 36.7 Å². The zero-order valence-corrected chi connectivity index (χ0v) is 64.8. The van der Waals surface area contributed by atoms with Crippen LogP contribution < -0.4 is 0 Å². The Balaban J connectivity index is 0.835. The van der Waals surface area contributed by atoms with Crippen molar-refractivity contribution in [3.63, 3.8) is 0 Å². The summed E-state index contributed by atoms with van der Waals surface area (Å²) in [6.45, 7) is 43.7. The number of ether oxygens (including phenoxy) is 14. The molecule has 12 rings (SSSR count). The summed E-state index contributed by atoms with van der Waals surface area (Å²) in [5.41, 5.74) is 9.07. The van der Waals surface area contributed by atoms with Crippen molar-refractivity contribution in [2.45, 2.75) is 332 Å². The van der Waals surface area contributed by atoms with Crippen LogP contribution in [0.4, 0.5) is 0 Å². The number of benzene rings is 1. The van der Waals surface area contributed by atoms with Crippen molar-refractivity contribution in [1.29, 1.82) is 0 Å². The molecule has 5 aliphatic carbocycles. The van der Waals surface area contributed by atoms with Crippen LogP contribution in [0.2, 0.25) is 0 Å². The van der Waals surface area contributed by atoms with Crippen LogP contribution in [0.1, 0.15) is 215 Å². The smallest absolute Gasteiger partial charge is 0.317 e. The zero-order valence-electron chi connectivity index (χ0n) is 64.8. The Hall–Kier alpha value is -3.44. The van der Waals surface area contributed by atoms with E-state index in [-0.39, 0.29) is 57.7 Å². The van der Waals surface area contributed by atoms with Crippen molar-refractivity contribution >= 4 is 18.0 Å². The lowest BCUT2D eigenvalue weighted by molar-refractivity contribution is -0.374. The van der Waals surface area contributed by atoms with Gasteiger partial charge in [0.25, 0.3) is 0 Å². The molecule has 6 saturated heterocycles. The summed E-state index contributed by atoms with van der Waals surface area (Å²) in [7, 11) is 1.75. The Labute approximate surface area is 602 Å². The fourth-order valence-electron chi connectivity index (χ4n) is 22.4. The highest BCUT2D eigenvalue weighted by Gasteiger charge is 2.73. The number of nitrogens with zero attached hydrogens (tertiary/aromatic N) is 3. The van der Waals surface area contributed by atoms with E-state index in [1.165, 1.54) is 11.9 Å². The lowest BCUT2D eigenvalue weighted by atomic mass is 9.33. The summed E-state index contributed by atoms with van der Waals surface area (Å²) in [6, 6.07) is 9.32. The van der Waals surface area contributed by atoms with Gasteiger partial charge in [-0.1, -0.05) is 158 Å². The van der Waals surface area contributed by atoms with Crippen molar-refractivity contribution in [2.75, 3.05) is 13.7 Å². The van der Waals surface area contributed by atoms with Crippen LogP contribution in [0.25, 0.3) is 10.4 Å². The van der Waals surface area contributed by atoms with Crippen molar-refractivity contribution in [2.24, 2.45) is 103 Å². The Morgan fingerprint density at radius 1 is 0.653 bits per heavy atom. The molecule has 20 nitrogen and oxygen atoms in total. The van der Waals surface area contributed by atoms with E-state index >= 15 is 4.79 Å². The van der Waals surface area contributed by atoms with Crippen molar-refractivity contribution in [3.8, 4) is 0 Å². The number of aldehydes is 1. The molecule has 0 radical (unpaired) electrons. The third kappa shape index (κ3) is 13.4. The van der Waals surface area contributed by atoms with E-state index in [0.717, 1.165) is 50.5 Å². The van der Waals surface area contributed by atoms with Gasteiger partial charge in [0, 0.05) is 29.8 Å². The zero-order chi connectivity index (χ0) is 73.0. The molecule has 1 aromatic carbocycles. The summed E-state index contributed by atoms with van der Waals surface area (Å²) in [5.74, 6) is -1.28. The van der Waals surface area contributed by atoms with Gasteiger partial charge in [0.05, 0.1) is 61.3 Å². The van der Waals surface area contributed by atoms with Crippen LogP contribution in [-0.4, -0.2) is 148 Å². The van der Waals surface area contributed by atoms with E-state index in [1.54, 1.807) is 14.0 Å². The quantitative estimate of drug-likeness (QED) is 0.0238. The second kappa shape index (κ2) is 29.3. The summed E-state index contributed by atoms with van der Waals surface area (Å²) in [6.07, 6.45) is -0.578. The average Bonchev–Trinajstić information content (AvgIpc) is 0.786. The fraction of sp³-hybridized carbons (Fsp3) is 0.864. The molecule has 0 spiro atoms. The van der Waals surface area contributed by atoms with Gasteiger partial charge < -0.3 is 71.1 Å². The Morgan fingerprint density at radius 2 is 1.33 bits per heavy atom. The predicted molar refractivity (Wildman–Crippen MR) is 378 cm³/mol. The Kier molecular flexibility index (Phi) is 22.4. The summed E-state index contributed by atoms with van der Waals surface area (Å²) < 4.78 is 97.0. The van der Waals surface area contributed by atoms with Gasteiger partial charge in [-0.25, -0.2) is 0 Å². The van der Waals surface area contributed by atoms with Crippen LogP contribution in [0.15, 0.2) is 47.1 Å². The number of allylic oxidation sites excluding steroid dienone is 2. The molecule has 4 saturated carbocycles. The molecule has 0 aromatic heterocycles. The maximum atomic E-state index is 16.4. The first-order valence-electron chi connectivity index (χ1n) is 39.0. The first-order chi connectivity index (χ1) is 47.7. The number of hydrogen-bond acceptors (Lipinski definition) is 18. The number of Topliss-reactive ketones (excluding diaryl/α,β-unsaturated/α-hetero) is 1. The standard InChI is InChI=1S/C81H125N3O17/c1-22-55-45(6)44(5)47(8)70(92-55)98-67-63(96-69-46(7)43(4)42(3)39-90-69)49(10)62(50(11)86)95-72(67)94-59-32-33-77(17)57(78(59,18)41-85)31-34-79(19)58(77)30-29-53-54-37-75(13,14)35-36-81(54,60(88-21)38-80(53,79)20)74(87)99-71-64(48(9)61(83-84-82)56(23-2)93-71)97-73-68-66(100-76(15,16)101-68)65(51(12)91-73)89-40-52-27-25-24-26-28-52/h24-29,41-49,51,54-73H,22-23,30-40H2,1-21H3/t42-,43-,44-,45+,46?,47?,48?,49-,51?,54?,55?,56?,57+,58?,59-,60?,61+,62?,63-,64?,65-,66?,67?,68?,69-,70-,71-,72+,73-,77?,78+,79?,80?,81+/m0/s1. The van der Waals surface area contributed by atoms with E-state index in [4.69, 9.17) is 66.3 Å². The first kappa shape index (κ1) is 77.2. The van der Waals surface area contributed by atoms with Gasteiger partial charge in [-0.2, -0.15) is 0 Å². The normalized spacial score (nSPS) is 50.0. The molecule has 1 aromatic rings. The highest BCUT2D eigenvalue weighted by Crippen LogP contribution is 2.76. The van der Waals surface area contributed by atoms with E-state index < -0.39 is 144 Å². The molecule has 17 unspecified atom stereocenters. The molecule has 11 aliphatic rings. The molecule has 0 N–H and O–H groups in total. The minimum Gasteiger partial charge on any atom is -0.432 e. The second-order valence-electron chi connectivity index (χ2n) is 35.9. The maximum absolute atomic E-state index is 16.4. The number of carbonyl (C=O) groups is 3. The van der Waals surface area contributed by atoms with Crippen LogP contribution in [-0.2, 0) is 87.3 Å². The average molecular weight is 1410 g/mol. The molecule has 34 atom stereocenters. The highest BCUT2D eigenvalue weighted by atomic mass is 16.8. The van der Waals surface area contributed by atoms with Gasteiger partial charge >= 0.3 is 5.97 Å². The lowest BCUT2D eigenvalue weighted by Crippen LogP contribution is -2.69. The molecule has 101 heavy (non-hydrogen) atoms. The molecule has 6 heterocycles. The molecular weight excluding hydrogens is 1290 g/mol. The number of rotatable bonds is 19. The number of hydrogen-bond donors (Lipinski definition) is 0. The van der Waals surface area contributed by atoms with Gasteiger partial charge in [-0.3, -0.25) is 9.59 Å². The maximum Gasteiger partial charge on any atom is 0.317 e. The van der Waals surface area contributed by atoms with Gasteiger partial charge in [-0.15, -0.1) is 0 Å². The van der Waals surface area contributed by atoms with E-state index in [1.807, 2.05) is 71.9 Å². The third-order valence-corrected chi connectivity index (χ3v) is 29.4. The minimum atomic E-state index is -1.23. The fourth-order valence-corrected chi connectivity index (χ4v) is 22.4. The van der Waals surface area contributed by atoms with Crippen molar-refractivity contribution < 1.29 is 80.7 Å². The molecule has 10 fully saturated rings. The molecule has 566 valence electrons. The number of ketones is 1. The molecular formula is C81H125N3O17. The van der Waals surface area contributed by atoms with Crippen LogP contribution in [0.3, 0.4) is 0 Å². The first-order valence-corrected chi connectivity index (χ1v) is 39.0. The Bertz CT molecular complexity index is 3180. The van der Waals surface area contributed by atoms with Crippen molar-refractivity contribution in [3.05, 3.63) is 58.0 Å². The molecule has 6 aliphatic heterocycles. The highest BCUT2D eigenvalue weighted by molar-refractivity contribution is 5.81. The number of carbonyl (C=O) groups excluding carboxylic acids is 3. The summed E-state index contributed by atoms with van der Waals surface area (Å²) in [4.78, 5) is 48.2. The summed E-state index contributed by atoms with van der Waals surface area (Å²) >= 11 is 0. The second-order valence-corrected chi connectivity index (χ2v) is 35.9. The topological polar surface area (TPSA) is 229 Å². The number of methoxy groups -OCH3 is 1. The molecule has 0 bridgehead atoms. The number of esters is 1. The van der Waals surface area contributed by atoms with Gasteiger partial charge in [0.2, 0.25) is 6.29 Å². The number of fused-ring (bicyclic) bond motifs is 8. The summed E-state index contributed by atoms with van der Waals surface area (Å²) in [5, 5.41) is 4.30. The third-order valence-electron chi connectivity index (χ3n) is 29.4. The number of azide groups is 1. The van der Waals surface area contributed by atoms with E-state index in [2.05, 4.69) is 106 Å². The Morgan fingerprint density at radius 3 is 2.00 bits per heavy atom. The minimum absolute atomic E-state index is 0.0208.